The first-order valence-electron chi connectivity index (χ1n) is 6.67. The third-order valence-corrected chi connectivity index (χ3v) is 4.52. The Labute approximate surface area is 94.4 Å². The number of likely N-dealkylation sites (tertiary alicyclic amines) is 1. The summed E-state index contributed by atoms with van der Waals surface area (Å²) >= 11 is 0. The number of nitrogens with one attached hydrogen (secondary N) is 1. The molecule has 2 rings (SSSR count). The fraction of sp³-hybridized carbons (Fsp3) is 1.00. The van der Waals surface area contributed by atoms with E-state index in [-0.39, 0.29) is 0 Å². The smallest absolute Gasteiger partial charge is 0.0136 e. The van der Waals surface area contributed by atoms with E-state index in [1.54, 1.807) is 0 Å². The zero-order valence-corrected chi connectivity index (χ0v) is 10.5. The lowest BCUT2D eigenvalue weighted by Crippen LogP contribution is -2.49. The summed E-state index contributed by atoms with van der Waals surface area (Å²) in [6.45, 7) is 12.1. The third-order valence-electron chi connectivity index (χ3n) is 4.52. The van der Waals surface area contributed by atoms with Crippen LogP contribution in [0.1, 0.15) is 33.6 Å². The summed E-state index contributed by atoms with van der Waals surface area (Å²) in [5.41, 5.74) is 0. The van der Waals surface area contributed by atoms with Crippen LogP contribution in [0.3, 0.4) is 0 Å². The van der Waals surface area contributed by atoms with Crippen molar-refractivity contribution in [2.24, 2.45) is 17.8 Å². The van der Waals surface area contributed by atoms with E-state index >= 15 is 0 Å². The molecular formula is C13H26N2. The molecule has 1 saturated carbocycles. The molecule has 0 radical (unpaired) electrons. The van der Waals surface area contributed by atoms with Crippen LogP contribution < -0.4 is 5.32 Å². The lowest BCUT2D eigenvalue weighted by molar-refractivity contribution is 0.0782. The van der Waals surface area contributed by atoms with Crippen LogP contribution in [-0.2, 0) is 0 Å². The third kappa shape index (κ3) is 2.36. The van der Waals surface area contributed by atoms with E-state index in [2.05, 4.69) is 31.0 Å². The first-order chi connectivity index (χ1) is 7.22. The van der Waals surface area contributed by atoms with Gasteiger partial charge in [-0.1, -0.05) is 20.8 Å². The van der Waals surface area contributed by atoms with Crippen molar-refractivity contribution in [3.63, 3.8) is 0 Å². The average molecular weight is 210 g/mol. The highest BCUT2D eigenvalue weighted by atomic mass is 15.2. The van der Waals surface area contributed by atoms with Gasteiger partial charge in [0.2, 0.25) is 0 Å². The van der Waals surface area contributed by atoms with Gasteiger partial charge in [-0.25, -0.2) is 0 Å². The Morgan fingerprint density at radius 2 is 1.80 bits per heavy atom. The van der Waals surface area contributed by atoms with E-state index in [9.17, 15) is 0 Å². The highest BCUT2D eigenvalue weighted by molar-refractivity contribution is 4.94. The van der Waals surface area contributed by atoms with Crippen LogP contribution in [-0.4, -0.2) is 37.1 Å². The fourth-order valence-electron chi connectivity index (χ4n) is 3.05. The zero-order valence-electron chi connectivity index (χ0n) is 10.5. The van der Waals surface area contributed by atoms with Gasteiger partial charge in [0.05, 0.1) is 0 Å². The molecule has 88 valence electrons. The summed E-state index contributed by atoms with van der Waals surface area (Å²) in [6, 6.07) is 0.899. The molecule has 0 spiro atoms. The average Bonchev–Trinajstić information content (AvgIpc) is 2.45. The monoisotopic (exact) mass is 210 g/mol. The van der Waals surface area contributed by atoms with Crippen molar-refractivity contribution in [3.8, 4) is 0 Å². The Morgan fingerprint density at radius 3 is 2.27 bits per heavy atom. The van der Waals surface area contributed by atoms with Gasteiger partial charge < -0.3 is 5.32 Å². The van der Waals surface area contributed by atoms with Crippen molar-refractivity contribution in [2.75, 3.05) is 26.2 Å². The standard InChI is InChI=1S/C13H26N2/c1-4-14-7-12-5-6-13(12)15-8-10(2)11(3)9-15/h10-14H,4-9H2,1-3H3. The molecule has 4 atom stereocenters. The summed E-state index contributed by atoms with van der Waals surface area (Å²) in [5, 5.41) is 3.50. The highest BCUT2D eigenvalue weighted by Gasteiger charge is 2.39. The summed E-state index contributed by atoms with van der Waals surface area (Å²) in [6.07, 6.45) is 2.88. The van der Waals surface area contributed by atoms with Crippen molar-refractivity contribution in [3.05, 3.63) is 0 Å². The molecule has 1 saturated heterocycles. The molecule has 0 aromatic heterocycles. The molecule has 0 aromatic carbocycles. The van der Waals surface area contributed by atoms with E-state index in [4.69, 9.17) is 0 Å². The van der Waals surface area contributed by atoms with E-state index < -0.39 is 0 Å². The Kier molecular flexibility index (Phi) is 3.68. The summed E-state index contributed by atoms with van der Waals surface area (Å²) < 4.78 is 0. The topological polar surface area (TPSA) is 15.3 Å². The minimum atomic E-state index is 0.899. The minimum Gasteiger partial charge on any atom is -0.317 e. The molecule has 2 fully saturated rings. The van der Waals surface area contributed by atoms with Crippen LogP contribution >= 0.6 is 0 Å². The molecule has 1 aliphatic heterocycles. The number of hydrogen-bond acceptors (Lipinski definition) is 2. The molecule has 2 aliphatic rings. The van der Waals surface area contributed by atoms with Gasteiger partial charge in [0.25, 0.3) is 0 Å². The largest absolute Gasteiger partial charge is 0.317 e. The molecule has 2 nitrogen and oxygen atoms in total. The van der Waals surface area contributed by atoms with Crippen molar-refractivity contribution in [2.45, 2.75) is 39.7 Å². The molecule has 0 bridgehead atoms. The van der Waals surface area contributed by atoms with Gasteiger partial charge in [-0.2, -0.15) is 0 Å². The minimum absolute atomic E-state index is 0.899. The normalized spacial score (nSPS) is 41.8. The van der Waals surface area contributed by atoms with E-state index in [1.165, 1.54) is 32.5 Å². The second-order valence-corrected chi connectivity index (χ2v) is 5.62. The van der Waals surface area contributed by atoms with Crippen molar-refractivity contribution in [1.82, 2.24) is 10.2 Å². The molecule has 1 aliphatic carbocycles. The van der Waals surface area contributed by atoms with Crippen molar-refractivity contribution < 1.29 is 0 Å². The number of nitrogens with zero attached hydrogens (tertiary/aromatic N) is 1. The summed E-state index contributed by atoms with van der Waals surface area (Å²) in [4.78, 5) is 2.75. The second kappa shape index (κ2) is 4.84. The fourth-order valence-corrected chi connectivity index (χ4v) is 3.05. The quantitative estimate of drug-likeness (QED) is 0.763. The molecule has 1 heterocycles. The molecule has 0 amide bonds. The van der Waals surface area contributed by atoms with Crippen molar-refractivity contribution >= 4 is 0 Å². The van der Waals surface area contributed by atoms with Gasteiger partial charge in [0, 0.05) is 19.1 Å². The van der Waals surface area contributed by atoms with Gasteiger partial charge in [-0.15, -0.1) is 0 Å². The zero-order chi connectivity index (χ0) is 10.8. The lowest BCUT2D eigenvalue weighted by Gasteiger charge is -2.43. The summed E-state index contributed by atoms with van der Waals surface area (Å²) in [5.74, 6) is 2.75. The Bertz CT molecular complexity index is 195. The maximum absolute atomic E-state index is 3.50. The predicted molar refractivity (Wildman–Crippen MR) is 65.0 cm³/mol. The molecule has 0 aromatic rings. The van der Waals surface area contributed by atoms with Crippen LogP contribution in [0.25, 0.3) is 0 Å². The van der Waals surface area contributed by atoms with Crippen LogP contribution in [0.2, 0.25) is 0 Å². The Hall–Kier alpha value is -0.0800. The van der Waals surface area contributed by atoms with Gasteiger partial charge in [0.15, 0.2) is 0 Å². The van der Waals surface area contributed by atoms with Crippen molar-refractivity contribution in [1.29, 1.82) is 0 Å². The lowest BCUT2D eigenvalue weighted by atomic mass is 9.78. The van der Waals surface area contributed by atoms with Gasteiger partial charge in [-0.05, 0) is 43.7 Å². The maximum atomic E-state index is 3.50. The van der Waals surface area contributed by atoms with Gasteiger partial charge in [-0.3, -0.25) is 4.90 Å². The van der Waals surface area contributed by atoms with Crippen LogP contribution in [0.4, 0.5) is 0 Å². The van der Waals surface area contributed by atoms with E-state index in [0.29, 0.717) is 0 Å². The van der Waals surface area contributed by atoms with E-state index in [1.807, 2.05) is 0 Å². The molecule has 4 unspecified atom stereocenters. The molecule has 1 N–H and O–H groups in total. The van der Waals surface area contributed by atoms with Crippen LogP contribution in [0.15, 0.2) is 0 Å². The molecule has 2 heteroatoms. The van der Waals surface area contributed by atoms with Crippen LogP contribution in [0.5, 0.6) is 0 Å². The molecule has 15 heavy (non-hydrogen) atoms. The Morgan fingerprint density at radius 1 is 1.13 bits per heavy atom. The second-order valence-electron chi connectivity index (χ2n) is 5.62. The van der Waals surface area contributed by atoms with Gasteiger partial charge >= 0.3 is 0 Å². The number of rotatable bonds is 4. The molecular weight excluding hydrogens is 184 g/mol. The SMILES string of the molecule is CCNCC1CCC1N1CC(C)C(C)C1. The van der Waals surface area contributed by atoms with Gasteiger partial charge in [0.1, 0.15) is 0 Å². The predicted octanol–water partition coefficient (Wildman–Crippen LogP) is 1.96. The highest BCUT2D eigenvalue weighted by Crippen LogP contribution is 2.36. The van der Waals surface area contributed by atoms with Crippen LogP contribution in [0, 0.1) is 17.8 Å². The summed E-state index contributed by atoms with van der Waals surface area (Å²) in [7, 11) is 0. The van der Waals surface area contributed by atoms with E-state index in [0.717, 1.165) is 30.3 Å². The number of hydrogen-bond donors (Lipinski definition) is 1. The maximum Gasteiger partial charge on any atom is 0.0136 e. The Balaban J connectivity index is 1.79. The first kappa shape index (κ1) is 11.4. The first-order valence-corrected chi connectivity index (χ1v) is 6.67.